The van der Waals surface area contributed by atoms with Gasteiger partial charge in [0, 0.05) is 17.5 Å². The molecule has 0 aliphatic rings. The lowest BCUT2D eigenvalue weighted by Gasteiger charge is -2.11. The first-order valence-corrected chi connectivity index (χ1v) is 7.09. The van der Waals surface area contributed by atoms with E-state index in [1.807, 2.05) is 26.0 Å². The summed E-state index contributed by atoms with van der Waals surface area (Å²) in [6, 6.07) is 14.6. The molecule has 3 rings (SSSR count). The van der Waals surface area contributed by atoms with Crippen molar-refractivity contribution < 1.29 is 0 Å². The third-order valence-electron chi connectivity index (χ3n) is 3.49. The monoisotopic (exact) mass is 282 g/mol. The smallest absolute Gasteiger partial charge is 0.136 e. The Bertz CT molecular complexity index is 776. The van der Waals surface area contributed by atoms with Gasteiger partial charge in [0.2, 0.25) is 0 Å². The van der Waals surface area contributed by atoms with Crippen molar-refractivity contribution in [2.75, 3.05) is 0 Å². The van der Waals surface area contributed by atoms with Crippen LogP contribution in [0.1, 0.15) is 18.3 Å². The van der Waals surface area contributed by atoms with Crippen LogP contribution in [0.15, 0.2) is 42.5 Å². The largest absolute Gasteiger partial charge is 0.233 e. The number of fused-ring (bicyclic) bond motifs is 1. The van der Waals surface area contributed by atoms with E-state index in [1.165, 1.54) is 10.8 Å². The van der Waals surface area contributed by atoms with Crippen LogP contribution in [0.5, 0.6) is 0 Å². The molecule has 0 aliphatic carbocycles. The minimum atomic E-state index is 0.541. The number of aryl methyl sites for hydroxylation is 1. The van der Waals surface area contributed by atoms with E-state index in [-0.39, 0.29) is 0 Å². The maximum atomic E-state index is 6.25. The summed E-state index contributed by atoms with van der Waals surface area (Å²) in [5, 5.41) is 2.94. The standard InChI is InChI=1S/C17H15ClN2/c1-3-15-19-16(11(2)17(18)20-15)14-10-6-8-12-7-4-5-9-13(12)14/h4-10H,3H2,1-2H3. The molecular formula is C17H15ClN2. The number of hydrogen-bond donors (Lipinski definition) is 0. The Morgan fingerprint density at radius 2 is 1.75 bits per heavy atom. The summed E-state index contributed by atoms with van der Waals surface area (Å²) in [7, 11) is 0. The second-order valence-corrected chi connectivity index (χ2v) is 5.14. The van der Waals surface area contributed by atoms with Gasteiger partial charge in [0.1, 0.15) is 11.0 Å². The van der Waals surface area contributed by atoms with E-state index >= 15 is 0 Å². The summed E-state index contributed by atoms with van der Waals surface area (Å²) in [4.78, 5) is 8.99. The van der Waals surface area contributed by atoms with Crippen molar-refractivity contribution in [3.05, 3.63) is 59.0 Å². The molecule has 0 spiro atoms. The normalized spacial score (nSPS) is 10.9. The van der Waals surface area contributed by atoms with Crippen LogP contribution in [0, 0.1) is 6.92 Å². The molecule has 1 heterocycles. The van der Waals surface area contributed by atoms with Crippen molar-refractivity contribution in [1.29, 1.82) is 0 Å². The molecule has 0 aliphatic heterocycles. The maximum Gasteiger partial charge on any atom is 0.136 e. The van der Waals surface area contributed by atoms with Gasteiger partial charge < -0.3 is 0 Å². The van der Waals surface area contributed by atoms with E-state index in [0.29, 0.717) is 5.15 Å². The molecule has 0 N–H and O–H groups in total. The van der Waals surface area contributed by atoms with Crippen molar-refractivity contribution in [3.8, 4) is 11.3 Å². The minimum Gasteiger partial charge on any atom is -0.233 e. The zero-order chi connectivity index (χ0) is 14.1. The zero-order valence-electron chi connectivity index (χ0n) is 11.5. The Balaban J connectivity index is 2.33. The quantitative estimate of drug-likeness (QED) is 0.630. The molecule has 0 atom stereocenters. The number of nitrogens with zero attached hydrogens (tertiary/aromatic N) is 2. The highest BCUT2D eigenvalue weighted by Crippen LogP contribution is 2.31. The minimum absolute atomic E-state index is 0.541. The molecule has 0 radical (unpaired) electrons. The van der Waals surface area contributed by atoms with Gasteiger partial charge in [-0.2, -0.15) is 0 Å². The third-order valence-corrected chi connectivity index (χ3v) is 3.86. The van der Waals surface area contributed by atoms with Crippen LogP contribution in [0.4, 0.5) is 0 Å². The van der Waals surface area contributed by atoms with Crippen LogP contribution in [-0.4, -0.2) is 9.97 Å². The fraction of sp³-hybridized carbons (Fsp3) is 0.176. The Hall–Kier alpha value is -1.93. The Labute approximate surface area is 123 Å². The van der Waals surface area contributed by atoms with E-state index < -0.39 is 0 Å². The summed E-state index contributed by atoms with van der Waals surface area (Å²) in [5.74, 6) is 0.781. The van der Waals surface area contributed by atoms with Crippen LogP contribution in [-0.2, 0) is 6.42 Å². The second kappa shape index (κ2) is 5.22. The molecule has 0 amide bonds. The Morgan fingerprint density at radius 1 is 1.00 bits per heavy atom. The van der Waals surface area contributed by atoms with Crippen LogP contribution >= 0.6 is 11.6 Å². The molecule has 2 aromatic carbocycles. The molecule has 0 fully saturated rings. The van der Waals surface area contributed by atoms with Gasteiger partial charge in [-0.1, -0.05) is 61.0 Å². The van der Waals surface area contributed by atoms with E-state index in [4.69, 9.17) is 11.6 Å². The predicted molar refractivity (Wildman–Crippen MR) is 84.1 cm³/mol. The number of hydrogen-bond acceptors (Lipinski definition) is 2. The first-order valence-electron chi connectivity index (χ1n) is 6.72. The van der Waals surface area contributed by atoms with Gasteiger partial charge in [-0.25, -0.2) is 9.97 Å². The third kappa shape index (κ3) is 2.16. The van der Waals surface area contributed by atoms with Gasteiger partial charge in [-0.15, -0.1) is 0 Å². The summed E-state index contributed by atoms with van der Waals surface area (Å²) in [5.41, 5.74) is 2.97. The van der Waals surface area contributed by atoms with E-state index in [9.17, 15) is 0 Å². The van der Waals surface area contributed by atoms with Crippen molar-refractivity contribution in [2.45, 2.75) is 20.3 Å². The summed E-state index contributed by atoms with van der Waals surface area (Å²) >= 11 is 6.25. The maximum absolute atomic E-state index is 6.25. The van der Waals surface area contributed by atoms with E-state index in [2.05, 4.69) is 40.3 Å². The highest BCUT2D eigenvalue weighted by atomic mass is 35.5. The van der Waals surface area contributed by atoms with Crippen molar-refractivity contribution >= 4 is 22.4 Å². The fourth-order valence-electron chi connectivity index (χ4n) is 2.39. The summed E-state index contributed by atoms with van der Waals surface area (Å²) in [6.45, 7) is 4.01. The predicted octanol–water partition coefficient (Wildman–Crippen LogP) is 4.82. The van der Waals surface area contributed by atoms with E-state index in [0.717, 1.165) is 29.1 Å². The molecule has 20 heavy (non-hydrogen) atoms. The summed E-state index contributed by atoms with van der Waals surface area (Å²) in [6.07, 6.45) is 0.776. The van der Waals surface area contributed by atoms with Crippen LogP contribution < -0.4 is 0 Å². The van der Waals surface area contributed by atoms with Crippen LogP contribution in [0.25, 0.3) is 22.0 Å². The number of aromatic nitrogens is 2. The zero-order valence-corrected chi connectivity index (χ0v) is 12.3. The Morgan fingerprint density at radius 3 is 2.55 bits per heavy atom. The highest BCUT2D eigenvalue weighted by Gasteiger charge is 2.12. The lowest BCUT2D eigenvalue weighted by Crippen LogP contribution is -1.99. The molecule has 0 unspecified atom stereocenters. The molecule has 100 valence electrons. The fourth-order valence-corrected chi connectivity index (χ4v) is 2.57. The van der Waals surface area contributed by atoms with E-state index in [1.54, 1.807) is 0 Å². The van der Waals surface area contributed by atoms with Gasteiger partial charge in [0.05, 0.1) is 5.69 Å². The van der Waals surface area contributed by atoms with Gasteiger partial charge in [-0.05, 0) is 17.7 Å². The Kier molecular flexibility index (Phi) is 3.41. The highest BCUT2D eigenvalue weighted by molar-refractivity contribution is 6.30. The lowest BCUT2D eigenvalue weighted by atomic mass is 10.00. The molecule has 0 bridgehead atoms. The molecule has 1 aromatic heterocycles. The molecule has 3 aromatic rings. The SMILES string of the molecule is CCc1nc(Cl)c(C)c(-c2cccc3ccccc23)n1. The first-order chi connectivity index (χ1) is 9.70. The average molecular weight is 283 g/mol. The number of benzene rings is 2. The van der Waals surface area contributed by atoms with Gasteiger partial charge in [0.15, 0.2) is 0 Å². The molecule has 0 saturated carbocycles. The number of halogens is 1. The number of rotatable bonds is 2. The topological polar surface area (TPSA) is 25.8 Å². The molecule has 3 heteroatoms. The van der Waals surface area contributed by atoms with Gasteiger partial charge in [0.25, 0.3) is 0 Å². The lowest BCUT2D eigenvalue weighted by molar-refractivity contribution is 0.934. The van der Waals surface area contributed by atoms with Crippen molar-refractivity contribution in [2.24, 2.45) is 0 Å². The van der Waals surface area contributed by atoms with Crippen LogP contribution in [0.2, 0.25) is 5.15 Å². The second-order valence-electron chi connectivity index (χ2n) is 4.78. The van der Waals surface area contributed by atoms with Gasteiger partial charge >= 0.3 is 0 Å². The molecule has 2 nitrogen and oxygen atoms in total. The average Bonchev–Trinajstić information content (AvgIpc) is 2.49. The summed E-state index contributed by atoms with van der Waals surface area (Å²) < 4.78 is 0. The van der Waals surface area contributed by atoms with Gasteiger partial charge in [-0.3, -0.25) is 0 Å². The first kappa shape index (κ1) is 13.1. The van der Waals surface area contributed by atoms with Crippen molar-refractivity contribution in [3.63, 3.8) is 0 Å². The molecular weight excluding hydrogens is 268 g/mol. The molecule has 0 saturated heterocycles. The van der Waals surface area contributed by atoms with Crippen LogP contribution in [0.3, 0.4) is 0 Å². The van der Waals surface area contributed by atoms with Crippen molar-refractivity contribution in [1.82, 2.24) is 9.97 Å².